The molecule has 2 amide bonds. The molecule has 1 heterocycles. The third-order valence-corrected chi connectivity index (χ3v) is 4.81. The Hall–Kier alpha value is -3.02. The summed E-state index contributed by atoms with van der Waals surface area (Å²) in [6, 6.07) is 14.6. The molecule has 0 saturated carbocycles. The molecule has 1 atom stereocenters. The van der Waals surface area contributed by atoms with Gasteiger partial charge in [-0.3, -0.25) is 9.59 Å². The molecule has 1 unspecified atom stereocenters. The minimum absolute atomic E-state index is 0.104. The second-order valence-corrected chi connectivity index (χ2v) is 6.61. The van der Waals surface area contributed by atoms with Crippen LogP contribution in [0.5, 0.6) is 11.5 Å². The maximum Gasteiger partial charge on any atom is 0.249 e. The van der Waals surface area contributed by atoms with Gasteiger partial charge < -0.3 is 19.7 Å². The van der Waals surface area contributed by atoms with Crippen LogP contribution in [0.3, 0.4) is 0 Å². The average Bonchev–Trinajstić information content (AvgIpc) is 3.07. The van der Waals surface area contributed by atoms with Gasteiger partial charge in [0.05, 0.1) is 19.4 Å². The summed E-state index contributed by atoms with van der Waals surface area (Å²) >= 11 is 0. The first-order valence-electron chi connectivity index (χ1n) is 9.58. The highest BCUT2D eigenvalue weighted by Gasteiger charge is 2.34. The van der Waals surface area contributed by atoms with Gasteiger partial charge in [0.15, 0.2) is 0 Å². The molecule has 6 nitrogen and oxygen atoms in total. The van der Waals surface area contributed by atoms with Crippen LogP contribution in [0.25, 0.3) is 0 Å². The van der Waals surface area contributed by atoms with Crippen LogP contribution in [-0.4, -0.2) is 38.1 Å². The van der Waals surface area contributed by atoms with E-state index in [1.165, 1.54) is 0 Å². The lowest BCUT2D eigenvalue weighted by Crippen LogP contribution is -2.41. The summed E-state index contributed by atoms with van der Waals surface area (Å²) in [7, 11) is 1.58. The summed E-state index contributed by atoms with van der Waals surface area (Å²) in [4.78, 5) is 26.8. The Balaban J connectivity index is 1.57. The molecule has 28 heavy (non-hydrogen) atoms. The number of hydrogen-bond acceptors (Lipinski definition) is 4. The monoisotopic (exact) mass is 382 g/mol. The SMILES string of the molecule is CCOc1ccccc1CCC(=O)NC1CCN(c2ccccc2OC)C1=O. The van der Waals surface area contributed by atoms with Gasteiger partial charge in [-0.15, -0.1) is 0 Å². The topological polar surface area (TPSA) is 67.9 Å². The van der Waals surface area contributed by atoms with Gasteiger partial charge in [-0.1, -0.05) is 30.3 Å². The Morgan fingerprint density at radius 2 is 1.86 bits per heavy atom. The zero-order valence-electron chi connectivity index (χ0n) is 16.3. The van der Waals surface area contributed by atoms with Crippen molar-refractivity contribution in [2.45, 2.75) is 32.2 Å². The van der Waals surface area contributed by atoms with Crippen LogP contribution in [0, 0.1) is 0 Å². The van der Waals surface area contributed by atoms with Crippen molar-refractivity contribution in [3.05, 3.63) is 54.1 Å². The molecule has 0 bridgehead atoms. The zero-order chi connectivity index (χ0) is 19.9. The molecule has 0 spiro atoms. The van der Waals surface area contributed by atoms with Crippen LogP contribution >= 0.6 is 0 Å². The molecule has 0 aromatic heterocycles. The number of carbonyl (C=O) groups is 2. The fourth-order valence-electron chi connectivity index (χ4n) is 3.43. The molecular formula is C22H26N2O4. The first kappa shape index (κ1) is 19.7. The molecule has 2 aromatic carbocycles. The molecule has 1 fully saturated rings. The normalized spacial score (nSPS) is 16.1. The minimum Gasteiger partial charge on any atom is -0.495 e. The molecule has 0 aliphatic carbocycles. The second-order valence-electron chi connectivity index (χ2n) is 6.61. The zero-order valence-corrected chi connectivity index (χ0v) is 16.3. The largest absolute Gasteiger partial charge is 0.495 e. The highest BCUT2D eigenvalue weighted by Crippen LogP contribution is 2.31. The van der Waals surface area contributed by atoms with Crippen molar-refractivity contribution in [2.75, 3.05) is 25.2 Å². The molecule has 6 heteroatoms. The number of amides is 2. The average molecular weight is 382 g/mol. The van der Waals surface area contributed by atoms with Gasteiger partial charge >= 0.3 is 0 Å². The Kier molecular flexibility index (Phi) is 6.53. The van der Waals surface area contributed by atoms with Crippen molar-refractivity contribution in [3.63, 3.8) is 0 Å². The van der Waals surface area contributed by atoms with E-state index in [0.717, 1.165) is 17.0 Å². The number of para-hydroxylation sites is 3. The van der Waals surface area contributed by atoms with Gasteiger partial charge in [0.2, 0.25) is 11.8 Å². The number of ether oxygens (including phenoxy) is 2. The molecule has 1 N–H and O–H groups in total. The quantitative estimate of drug-likeness (QED) is 0.762. The van der Waals surface area contributed by atoms with E-state index >= 15 is 0 Å². The molecule has 1 aliphatic heterocycles. The number of anilines is 1. The van der Waals surface area contributed by atoms with Crippen molar-refractivity contribution in [1.82, 2.24) is 5.32 Å². The fraction of sp³-hybridized carbons (Fsp3) is 0.364. The number of nitrogens with zero attached hydrogens (tertiary/aromatic N) is 1. The lowest BCUT2D eigenvalue weighted by molar-refractivity contribution is -0.126. The van der Waals surface area contributed by atoms with Gasteiger partial charge in [0, 0.05) is 13.0 Å². The molecule has 148 valence electrons. The maximum absolute atomic E-state index is 12.8. The molecule has 0 radical (unpaired) electrons. The van der Waals surface area contributed by atoms with Crippen LogP contribution < -0.4 is 19.7 Å². The van der Waals surface area contributed by atoms with E-state index in [0.29, 0.717) is 38.2 Å². The number of carbonyl (C=O) groups excluding carboxylic acids is 2. The number of benzene rings is 2. The van der Waals surface area contributed by atoms with Gasteiger partial charge in [-0.2, -0.15) is 0 Å². The number of aryl methyl sites for hydroxylation is 1. The summed E-state index contributed by atoms with van der Waals surface area (Å²) in [6.45, 7) is 3.07. The van der Waals surface area contributed by atoms with Crippen LogP contribution in [-0.2, 0) is 16.0 Å². The first-order valence-corrected chi connectivity index (χ1v) is 9.58. The third-order valence-electron chi connectivity index (χ3n) is 4.81. The predicted molar refractivity (Wildman–Crippen MR) is 108 cm³/mol. The van der Waals surface area contributed by atoms with Crippen molar-refractivity contribution in [2.24, 2.45) is 0 Å². The smallest absolute Gasteiger partial charge is 0.249 e. The van der Waals surface area contributed by atoms with Crippen LogP contribution in [0.2, 0.25) is 0 Å². The lowest BCUT2D eigenvalue weighted by Gasteiger charge is -2.19. The number of methoxy groups -OCH3 is 1. The van der Waals surface area contributed by atoms with E-state index in [4.69, 9.17) is 9.47 Å². The molecule has 2 aromatic rings. The van der Waals surface area contributed by atoms with E-state index in [1.807, 2.05) is 55.5 Å². The summed E-state index contributed by atoms with van der Waals surface area (Å²) in [5.41, 5.74) is 1.73. The first-order chi connectivity index (χ1) is 13.6. The van der Waals surface area contributed by atoms with E-state index in [9.17, 15) is 9.59 Å². The van der Waals surface area contributed by atoms with Crippen molar-refractivity contribution < 1.29 is 19.1 Å². The van der Waals surface area contributed by atoms with Gasteiger partial charge in [0.1, 0.15) is 17.5 Å². The molecule has 1 saturated heterocycles. The standard InChI is InChI=1S/C22H26N2O4/c1-3-28-19-10-6-4-8-16(19)12-13-21(25)23-17-14-15-24(22(17)26)18-9-5-7-11-20(18)27-2/h4-11,17H,3,12-15H2,1-2H3,(H,23,25). The van der Waals surface area contributed by atoms with Gasteiger partial charge in [-0.05, 0) is 43.5 Å². The van der Waals surface area contributed by atoms with Crippen LogP contribution in [0.15, 0.2) is 48.5 Å². The van der Waals surface area contributed by atoms with Gasteiger partial charge in [-0.25, -0.2) is 0 Å². The van der Waals surface area contributed by atoms with E-state index < -0.39 is 6.04 Å². The molecule has 3 rings (SSSR count). The highest BCUT2D eigenvalue weighted by atomic mass is 16.5. The minimum atomic E-state index is -0.500. The van der Waals surface area contributed by atoms with Gasteiger partial charge in [0.25, 0.3) is 0 Å². The van der Waals surface area contributed by atoms with Crippen molar-refractivity contribution in [3.8, 4) is 11.5 Å². The Morgan fingerprint density at radius 3 is 2.61 bits per heavy atom. The van der Waals surface area contributed by atoms with Crippen molar-refractivity contribution in [1.29, 1.82) is 0 Å². The summed E-state index contributed by atoms with van der Waals surface area (Å²) < 4.78 is 10.9. The number of hydrogen-bond donors (Lipinski definition) is 1. The van der Waals surface area contributed by atoms with Crippen LogP contribution in [0.4, 0.5) is 5.69 Å². The summed E-state index contributed by atoms with van der Waals surface area (Å²) in [6.07, 6.45) is 1.46. The second kappa shape index (κ2) is 9.26. The van der Waals surface area contributed by atoms with E-state index in [-0.39, 0.29) is 11.8 Å². The van der Waals surface area contributed by atoms with Crippen LogP contribution in [0.1, 0.15) is 25.3 Å². The lowest BCUT2D eigenvalue weighted by atomic mass is 10.1. The highest BCUT2D eigenvalue weighted by molar-refractivity contribution is 6.02. The number of rotatable bonds is 8. The van der Waals surface area contributed by atoms with E-state index in [2.05, 4.69) is 5.32 Å². The number of nitrogens with one attached hydrogen (secondary N) is 1. The summed E-state index contributed by atoms with van der Waals surface area (Å²) in [5, 5.41) is 2.88. The Morgan fingerprint density at radius 1 is 1.14 bits per heavy atom. The molecular weight excluding hydrogens is 356 g/mol. The molecule has 1 aliphatic rings. The predicted octanol–water partition coefficient (Wildman–Crippen LogP) is 2.95. The third kappa shape index (κ3) is 4.44. The Bertz CT molecular complexity index is 837. The summed E-state index contributed by atoms with van der Waals surface area (Å²) in [5.74, 6) is 1.21. The maximum atomic E-state index is 12.8. The van der Waals surface area contributed by atoms with Crippen molar-refractivity contribution >= 4 is 17.5 Å². The Labute approximate surface area is 165 Å². The fourth-order valence-corrected chi connectivity index (χ4v) is 3.43. The van der Waals surface area contributed by atoms with E-state index in [1.54, 1.807) is 12.0 Å².